The second kappa shape index (κ2) is 5.14. The minimum atomic E-state index is -0.749. The molecule has 1 rings (SSSR count). The lowest BCUT2D eigenvalue weighted by Crippen LogP contribution is -2.28. The number of hydrogen-bond donors (Lipinski definition) is 0. The van der Waals surface area contributed by atoms with Crippen molar-refractivity contribution in [1.29, 1.82) is 0 Å². The van der Waals surface area contributed by atoms with Gasteiger partial charge in [0.25, 0.3) is 0 Å². The summed E-state index contributed by atoms with van der Waals surface area (Å²) < 4.78 is 16.3. The normalized spacial score (nSPS) is 14.7. The van der Waals surface area contributed by atoms with Crippen molar-refractivity contribution in [1.82, 2.24) is 0 Å². The minimum absolute atomic E-state index is 0.586. The van der Waals surface area contributed by atoms with Gasteiger partial charge in [-0.2, -0.15) is 0 Å². The molecule has 1 atom stereocenters. The van der Waals surface area contributed by atoms with Crippen LogP contribution in [0.3, 0.4) is 0 Å². The van der Waals surface area contributed by atoms with Gasteiger partial charge in [0.2, 0.25) is 0 Å². The fourth-order valence-electron chi connectivity index (χ4n) is 1.54. The quantitative estimate of drug-likeness (QED) is 0.699. The van der Waals surface area contributed by atoms with Gasteiger partial charge in [-0.3, -0.25) is 0 Å². The van der Waals surface area contributed by atoms with Gasteiger partial charge in [-0.1, -0.05) is 12.1 Å². The van der Waals surface area contributed by atoms with Crippen molar-refractivity contribution in [3.05, 3.63) is 29.8 Å². The molecule has 0 aromatic heterocycles. The van der Waals surface area contributed by atoms with Crippen LogP contribution in [0.2, 0.25) is 0 Å². The molecule has 3 nitrogen and oxygen atoms in total. The molecule has 0 radical (unpaired) electrons. The van der Waals surface area contributed by atoms with Crippen molar-refractivity contribution in [2.24, 2.45) is 0 Å². The zero-order valence-electron chi connectivity index (χ0n) is 9.74. The highest BCUT2D eigenvalue weighted by atomic mass is 16.7. The van der Waals surface area contributed by atoms with E-state index in [0.717, 1.165) is 11.3 Å². The third-order valence-corrected chi connectivity index (χ3v) is 2.41. The number of ether oxygens (including phenoxy) is 3. The lowest BCUT2D eigenvalue weighted by Gasteiger charge is -2.29. The van der Waals surface area contributed by atoms with E-state index in [1.165, 1.54) is 0 Å². The molecule has 1 unspecified atom stereocenters. The first-order valence-corrected chi connectivity index (χ1v) is 5.00. The summed E-state index contributed by atoms with van der Waals surface area (Å²) in [5.41, 5.74) is 0.900. The van der Waals surface area contributed by atoms with E-state index in [1.54, 1.807) is 14.2 Å². The van der Waals surface area contributed by atoms with E-state index >= 15 is 0 Å². The predicted octanol–water partition coefficient (Wildman–Crippen LogP) is 2.55. The maximum Gasteiger partial charge on any atom is 0.195 e. The lowest BCUT2D eigenvalue weighted by molar-refractivity contribution is -0.217. The topological polar surface area (TPSA) is 27.7 Å². The Morgan fingerprint density at radius 1 is 1.20 bits per heavy atom. The molecule has 15 heavy (non-hydrogen) atoms. The lowest BCUT2D eigenvalue weighted by atomic mass is 10.1. The van der Waals surface area contributed by atoms with Crippen molar-refractivity contribution < 1.29 is 14.2 Å². The zero-order chi connectivity index (χ0) is 11.3. The van der Waals surface area contributed by atoms with Crippen LogP contribution in [0.5, 0.6) is 5.75 Å². The van der Waals surface area contributed by atoms with Crippen LogP contribution >= 0.6 is 0 Å². The van der Waals surface area contributed by atoms with E-state index in [9.17, 15) is 0 Å². The molecule has 0 heterocycles. The fourth-order valence-corrected chi connectivity index (χ4v) is 1.54. The third-order valence-electron chi connectivity index (χ3n) is 2.41. The maximum atomic E-state index is 5.60. The first kappa shape index (κ1) is 12.0. The minimum Gasteiger partial charge on any atom is -0.496 e. The summed E-state index contributed by atoms with van der Waals surface area (Å²) in [5.74, 6) is 0.0248. The molecule has 0 spiro atoms. The van der Waals surface area contributed by atoms with Crippen molar-refractivity contribution in [3.63, 3.8) is 0 Å². The zero-order valence-corrected chi connectivity index (χ0v) is 9.74. The van der Waals surface area contributed by atoms with Gasteiger partial charge >= 0.3 is 0 Å². The van der Waals surface area contributed by atoms with Gasteiger partial charge in [0.1, 0.15) is 5.75 Å². The highest BCUT2D eigenvalue weighted by Crippen LogP contribution is 2.33. The number of para-hydroxylation sites is 1. The van der Waals surface area contributed by atoms with Crippen molar-refractivity contribution in [3.8, 4) is 5.75 Å². The number of rotatable bonds is 5. The molecular weight excluding hydrogens is 192 g/mol. The molecule has 0 bridgehead atoms. The third kappa shape index (κ3) is 2.49. The summed E-state index contributed by atoms with van der Waals surface area (Å²) in [7, 11) is 3.27. The molecule has 0 amide bonds. The Hall–Kier alpha value is -1.06. The number of hydrogen-bond acceptors (Lipinski definition) is 3. The Morgan fingerprint density at radius 2 is 1.87 bits per heavy atom. The monoisotopic (exact) mass is 210 g/mol. The molecule has 1 aromatic carbocycles. The second-order valence-corrected chi connectivity index (χ2v) is 3.28. The van der Waals surface area contributed by atoms with Gasteiger partial charge in [-0.15, -0.1) is 0 Å². The molecule has 0 saturated carbocycles. The van der Waals surface area contributed by atoms with Crippen LogP contribution in [0.1, 0.15) is 19.4 Å². The Morgan fingerprint density at radius 3 is 2.40 bits per heavy atom. The van der Waals surface area contributed by atoms with Crippen LogP contribution < -0.4 is 4.74 Å². The fraction of sp³-hybridized carbons (Fsp3) is 0.500. The highest BCUT2D eigenvalue weighted by Gasteiger charge is 2.29. The molecular formula is C12H18O3. The van der Waals surface area contributed by atoms with Crippen molar-refractivity contribution in [2.75, 3.05) is 20.8 Å². The summed E-state index contributed by atoms with van der Waals surface area (Å²) in [4.78, 5) is 0. The summed E-state index contributed by atoms with van der Waals surface area (Å²) >= 11 is 0. The Labute approximate surface area is 91.0 Å². The molecule has 1 aromatic rings. The molecule has 0 N–H and O–H groups in total. The smallest absolute Gasteiger partial charge is 0.195 e. The summed E-state index contributed by atoms with van der Waals surface area (Å²) in [6, 6.07) is 7.70. The molecule has 0 aliphatic carbocycles. The maximum absolute atomic E-state index is 5.60. The van der Waals surface area contributed by atoms with Gasteiger partial charge < -0.3 is 14.2 Å². The summed E-state index contributed by atoms with van der Waals surface area (Å²) in [6.45, 7) is 4.41. The van der Waals surface area contributed by atoms with Crippen LogP contribution in [0.15, 0.2) is 24.3 Å². The van der Waals surface area contributed by atoms with Crippen LogP contribution in [0, 0.1) is 0 Å². The first-order valence-electron chi connectivity index (χ1n) is 5.00. The predicted molar refractivity (Wildman–Crippen MR) is 59.0 cm³/mol. The largest absolute Gasteiger partial charge is 0.496 e. The molecule has 0 saturated heterocycles. The second-order valence-electron chi connectivity index (χ2n) is 3.28. The first-order chi connectivity index (χ1) is 7.18. The molecule has 0 aliphatic heterocycles. The SMILES string of the molecule is CCOC(C)(OC)c1ccccc1OC. The Kier molecular flexibility index (Phi) is 4.12. The van der Waals surface area contributed by atoms with E-state index in [1.807, 2.05) is 38.1 Å². The van der Waals surface area contributed by atoms with Gasteiger partial charge in [-0.25, -0.2) is 0 Å². The van der Waals surface area contributed by atoms with E-state index in [4.69, 9.17) is 14.2 Å². The van der Waals surface area contributed by atoms with Crippen molar-refractivity contribution >= 4 is 0 Å². The molecule has 84 valence electrons. The summed E-state index contributed by atoms with van der Waals surface area (Å²) in [5, 5.41) is 0. The van der Waals surface area contributed by atoms with Gasteiger partial charge in [0.15, 0.2) is 5.79 Å². The van der Waals surface area contributed by atoms with Crippen LogP contribution in [-0.2, 0) is 15.3 Å². The van der Waals surface area contributed by atoms with Crippen LogP contribution in [0.25, 0.3) is 0 Å². The van der Waals surface area contributed by atoms with Crippen LogP contribution in [0.4, 0.5) is 0 Å². The Bertz CT molecular complexity index is 311. The standard InChI is InChI=1S/C12H18O3/c1-5-15-12(2,14-4)10-8-6-7-9-11(10)13-3/h6-9H,5H2,1-4H3. The van der Waals surface area contributed by atoms with E-state index in [0.29, 0.717) is 6.61 Å². The molecule has 3 heteroatoms. The van der Waals surface area contributed by atoms with Crippen LogP contribution in [-0.4, -0.2) is 20.8 Å². The van der Waals surface area contributed by atoms with Gasteiger partial charge in [0.05, 0.1) is 12.7 Å². The van der Waals surface area contributed by atoms with E-state index in [2.05, 4.69) is 0 Å². The number of benzene rings is 1. The molecule has 0 aliphatic rings. The van der Waals surface area contributed by atoms with Gasteiger partial charge in [0, 0.05) is 13.7 Å². The average Bonchev–Trinajstić information content (AvgIpc) is 2.29. The molecule has 0 fully saturated rings. The van der Waals surface area contributed by atoms with Gasteiger partial charge in [-0.05, 0) is 26.0 Å². The summed E-state index contributed by atoms with van der Waals surface area (Å²) in [6.07, 6.45) is 0. The van der Waals surface area contributed by atoms with Crippen molar-refractivity contribution in [2.45, 2.75) is 19.6 Å². The van der Waals surface area contributed by atoms with E-state index < -0.39 is 5.79 Å². The number of methoxy groups -OCH3 is 2. The van der Waals surface area contributed by atoms with E-state index in [-0.39, 0.29) is 0 Å². The Balaban J connectivity index is 3.10. The highest BCUT2D eigenvalue weighted by molar-refractivity contribution is 5.36. The average molecular weight is 210 g/mol.